The van der Waals surface area contributed by atoms with Gasteiger partial charge in [0, 0.05) is 30.5 Å². The first-order chi connectivity index (χ1) is 15.0. The zero-order valence-electron chi connectivity index (χ0n) is 18.1. The number of nitrogens with one attached hydrogen (secondary N) is 1. The lowest BCUT2D eigenvalue weighted by molar-refractivity contribution is -0.119. The van der Waals surface area contributed by atoms with E-state index in [4.69, 9.17) is 18.9 Å². The number of amides is 1. The van der Waals surface area contributed by atoms with Gasteiger partial charge in [-0.05, 0) is 54.4 Å². The van der Waals surface area contributed by atoms with E-state index >= 15 is 0 Å². The molecule has 1 saturated heterocycles. The van der Waals surface area contributed by atoms with Crippen molar-refractivity contribution >= 4 is 16.8 Å². The van der Waals surface area contributed by atoms with Gasteiger partial charge < -0.3 is 24.3 Å². The number of ether oxygens (including phenoxy) is 4. The lowest BCUT2D eigenvalue weighted by Gasteiger charge is -2.21. The largest absolute Gasteiger partial charge is 0.493 e. The van der Waals surface area contributed by atoms with Crippen LogP contribution in [0.1, 0.15) is 13.3 Å². The minimum absolute atomic E-state index is 0.0677. The number of nitrogens with zero attached hydrogens (tertiary/aromatic N) is 1. The second-order valence-corrected chi connectivity index (χ2v) is 7.55. The SMILES string of the molecule is COc1cc(-c2cc(O[C@H](C)C3CNC(=O)C3)c3cccnc3c2)cc(OC)c1OC. The molecule has 2 aromatic carbocycles. The van der Waals surface area contributed by atoms with Gasteiger partial charge in [0.15, 0.2) is 11.5 Å². The molecule has 162 valence electrons. The minimum atomic E-state index is -0.127. The second-order valence-electron chi connectivity index (χ2n) is 7.55. The van der Waals surface area contributed by atoms with Crippen LogP contribution in [-0.4, -0.2) is 44.9 Å². The molecule has 2 heterocycles. The van der Waals surface area contributed by atoms with Gasteiger partial charge in [0.05, 0.1) is 26.8 Å². The van der Waals surface area contributed by atoms with Crippen LogP contribution in [0.2, 0.25) is 0 Å². The minimum Gasteiger partial charge on any atom is -0.493 e. The molecule has 1 unspecified atom stereocenters. The highest BCUT2D eigenvalue weighted by atomic mass is 16.5. The molecule has 0 bridgehead atoms. The van der Waals surface area contributed by atoms with Crippen molar-refractivity contribution in [3.05, 3.63) is 42.6 Å². The molecule has 0 spiro atoms. The number of hydrogen-bond acceptors (Lipinski definition) is 6. The van der Waals surface area contributed by atoms with E-state index < -0.39 is 0 Å². The third kappa shape index (κ3) is 4.08. The smallest absolute Gasteiger partial charge is 0.220 e. The first kappa shape index (κ1) is 20.8. The number of benzene rings is 2. The molecule has 0 saturated carbocycles. The zero-order chi connectivity index (χ0) is 22.0. The summed E-state index contributed by atoms with van der Waals surface area (Å²) in [5.41, 5.74) is 2.61. The normalized spacial score (nSPS) is 16.6. The molecule has 2 atom stereocenters. The van der Waals surface area contributed by atoms with Crippen molar-refractivity contribution in [1.29, 1.82) is 0 Å². The van der Waals surface area contributed by atoms with Crippen molar-refractivity contribution < 1.29 is 23.7 Å². The highest BCUT2D eigenvalue weighted by Crippen LogP contribution is 2.42. The Bertz CT molecular complexity index is 1090. The maximum absolute atomic E-state index is 11.6. The van der Waals surface area contributed by atoms with E-state index in [9.17, 15) is 4.79 Å². The molecule has 1 aliphatic rings. The molecule has 7 nitrogen and oxygen atoms in total. The Morgan fingerprint density at radius 3 is 2.29 bits per heavy atom. The molecular weight excluding hydrogens is 396 g/mol. The van der Waals surface area contributed by atoms with Gasteiger partial charge in [0.25, 0.3) is 0 Å². The Morgan fingerprint density at radius 2 is 1.68 bits per heavy atom. The van der Waals surface area contributed by atoms with Crippen LogP contribution in [0.15, 0.2) is 42.6 Å². The fraction of sp³-hybridized carbons (Fsp3) is 0.333. The van der Waals surface area contributed by atoms with Gasteiger partial charge in [0.2, 0.25) is 11.7 Å². The zero-order valence-corrected chi connectivity index (χ0v) is 18.1. The molecule has 31 heavy (non-hydrogen) atoms. The Labute approximate surface area is 181 Å². The van der Waals surface area contributed by atoms with E-state index in [-0.39, 0.29) is 17.9 Å². The van der Waals surface area contributed by atoms with Gasteiger partial charge in [-0.15, -0.1) is 0 Å². The summed E-state index contributed by atoms with van der Waals surface area (Å²) >= 11 is 0. The number of carbonyl (C=O) groups is 1. The average Bonchev–Trinajstić information content (AvgIpc) is 3.24. The second kappa shape index (κ2) is 8.71. The fourth-order valence-electron chi connectivity index (χ4n) is 3.92. The van der Waals surface area contributed by atoms with E-state index in [1.165, 1.54) is 0 Å². The van der Waals surface area contributed by atoms with E-state index in [2.05, 4.69) is 10.3 Å². The molecule has 7 heteroatoms. The standard InChI is InChI=1S/C24H26N2O5/c1-14(17-12-23(27)26-13-17)31-20-9-15(8-19-18(20)6-5-7-25-19)16-10-21(28-2)24(30-4)22(11-16)29-3/h5-11,14,17H,12-13H2,1-4H3,(H,26,27)/t14-,17?/m1/s1. The quantitative estimate of drug-likeness (QED) is 0.623. The predicted molar refractivity (Wildman–Crippen MR) is 118 cm³/mol. The van der Waals surface area contributed by atoms with E-state index in [0.29, 0.717) is 30.2 Å². The fourth-order valence-corrected chi connectivity index (χ4v) is 3.92. The van der Waals surface area contributed by atoms with Crippen LogP contribution in [-0.2, 0) is 4.79 Å². The van der Waals surface area contributed by atoms with Crippen molar-refractivity contribution in [3.8, 4) is 34.1 Å². The van der Waals surface area contributed by atoms with Crippen molar-refractivity contribution in [2.45, 2.75) is 19.4 Å². The lowest BCUT2D eigenvalue weighted by atomic mass is 10.0. The van der Waals surface area contributed by atoms with Crippen LogP contribution in [0.25, 0.3) is 22.0 Å². The van der Waals surface area contributed by atoms with Crippen LogP contribution in [0.3, 0.4) is 0 Å². The van der Waals surface area contributed by atoms with Gasteiger partial charge >= 0.3 is 0 Å². The molecule has 3 aromatic rings. The molecule has 1 amide bonds. The van der Waals surface area contributed by atoms with E-state index in [1.54, 1.807) is 27.5 Å². The Kier molecular flexibility index (Phi) is 5.84. The number of aromatic nitrogens is 1. The Morgan fingerprint density at radius 1 is 1.00 bits per heavy atom. The monoisotopic (exact) mass is 422 g/mol. The first-order valence-corrected chi connectivity index (χ1v) is 10.2. The van der Waals surface area contributed by atoms with Crippen LogP contribution in [0, 0.1) is 5.92 Å². The van der Waals surface area contributed by atoms with Gasteiger partial charge in [-0.1, -0.05) is 0 Å². The summed E-state index contributed by atoms with van der Waals surface area (Å²) in [6.45, 7) is 2.63. The number of methoxy groups -OCH3 is 3. The average molecular weight is 422 g/mol. The van der Waals surface area contributed by atoms with Crippen LogP contribution in [0.4, 0.5) is 0 Å². The number of rotatable bonds is 7. The number of fused-ring (bicyclic) bond motifs is 1. The maximum Gasteiger partial charge on any atom is 0.220 e. The summed E-state index contributed by atoms with van der Waals surface area (Å²) in [4.78, 5) is 16.2. The highest BCUT2D eigenvalue weighted by Gasteiger charge is 2.28. The van der Waals surface area contributed by atoms with E-state index in [0.717, 1.165) is 27.8 Å². The molecular formula is C24H26N2O5. The Hall–Kier alpha value is -3.48. The van der Waals surface area contributed by atoms with Crippen LogP contribution < -0.4 is 24.3 Å². The number of carbonyl (C=O) groups excluding carboxylic acids is 1. The van der Waals surface area contributed by atoms with Gasteiger partial charge in [0.1, 0.15) is 11.9 Å². The van der Waals surface area contributed by atoms with Crippen molar-refractivity contribution in [1.82, 2.24) is 10.3 Å². The lowest BCUT2D eigenvalue weighted by Crippen LogP contribution is -2.25. The third-order valence-electron chi connectivity index (χ3n) is 5.67. The summed E-state index contributed by atoms with van der Waals surface area (Å²) in [5, 5.41) is 3.80. The molecule has 1 fully saturated rings. The summed E-state index contributed by atoms with van der Waals surface area (Å²) in [5.74, 6) is 2.60. The summed E-state index contributed by atoms with van der Waals surface area (Å²) in [7, 11) is 4.77. The summed E-state index contributed by atoms with van der Waals surface area (Å²) in [6.07, 6.45) is 2.11. The predicted octanol–water partition coefficient (Wildman–Crippen LogP) is 3.83. The van der Waals surface area contributed by atoms with Gasteiger partial charge in [-0.3, -0.25) is 9.78 Å². The molecule has 1 aromatic heterocycles. The molecule has 4 rings (SSSR count). The number of hydrogen-bond donors (Lipinski definition) is 1. The van der Waals surface area contributed by atoms with Crippen molar-refractivity contribution in [2.24, 2.45) is 5.92 Å². The topological polar surface area (TPSA) is 78.9 Å². The third-order valence-corrected chi connectivity index (χ3v) is 5.67. The summed E-state index contributed by atoms with van der Waals surface area (Å²) < 4.78 is 22.8. The molecule has 1 aliphatic heterocycles. The highest BCUT2D eigenvalue weighted by molar-refractivity contribution is 5.90. The molecule has 1 N–H and O–H groups in total. The van der Waals surface area contributed by atoms with Gasteiger partial charge in [-0.25, -0.2) is 0 Å². The molecule has 0 radical (unpaired) electrons. The van der Waals surface area contributed by atoms with Crippen LogP contribution >= 0.6 is 0 Å². The van der Waals surface area contributed by atoms with Gasteiger partial charge in [-0.2, -0.15) is 0 Å². The van der Waals surface area contributed by atoms with Crippen molar-refractivity contribution in [2.75, 3.05) is 27.9 Å². The molecule has 0 aliphatic carbocycles. The first-order valence-electron chi connectivity index (χ1n) is 10.2. The Balaban J connectivity index is 1.78. The summed E-state index contributed by atoms with van der Waals surface area (Å²) in [6, 6.07) is 11.7. The maximum atomic E-state index is 11.6. The van der Waals surface area contributed by atoms with Crippen LogP contribution in [0.5, 0.6) is 23.0 Å². The number of pyridine rings is 1. The van der Waals surface area contributed by atoms with Crippen molar-refractivity contribution in [3.63, 3.8) is 0 Å². The van der Waals surface area contributed by atoms with E-state index in [1.807, 2.05) is 43.3 Å².